The maximum Gasteiger partial charge on any atom is 0.0973 e. The number of aromatic nitrogens is 2. The molecule has 0 N–H and O–H groups in total. The van der Waals surface area contributed by atoms with E-state index in [2.05, 4.69) is 153 Å². The van der Waals surface area contributed by atoms with Crippen molar-refractivity contribution >= 4 is 54.1 Å². The first kappa shape index (κ1) is 26.4. The fourth-order valence-corrected chi connectivity index (χ4v) is 8.20. The Morgan fingerprint density at radius 3 is 2.06 bits per heavy atom. The highest BCUT2D eigenvalue weighted by molar-refractivity contribution is 6.22. The summed E-state index contributed by atoms with van der Waals surface area (Å²) in [4.78, 5) is 10.6. The summed E-state index contributed by atoms with van der Waals surface area (Å²) in [6, 6.07) is 52.7. The highest BCUT2D eigenvalue weighted by Crippen LogP contribution is 2.52. The van der Waals surface area contributed by atoms with Gasteiger partial charge in [-0.05, 0) is 72.1 Å². The Bertz CT molecular complexity index is 2760. The van der Waals surface area contributed by atoms with E-state index in [-0.39, 0.29) is 5.41 Å². The lowest BCUT2D eigenvalue weighted by molar-refractivity contribution is 0.666. The summed E-state index contributed by atoms with van der Waals surface area (Å²) in [6.45, 7) is 4.74. The first-order valence-electron chi connectivity index (χ1n) is 16.3. The lowest BCUT2D eigenvalue weighted by atomic mass is 9.79. The van der Waals surface area contributed by atoms with Gasteiger partial charge in [0.25, 0.3) is 0 Å². The zero-order chi connectivity index (χ0) is 31.3. The van der Waals surface area contributed by atoms with Crippen LogP contribution in [-0.2, 0) is 5.41 Å². The molecule has 0 unspecified atom stereocenters. The lowest BCUT2D eigenvalue weighted by Crippen LogP contribution is -2.15. The molecule has 2 nitrogen and oxygen atoms in total. The van der Waals surface area contributed by atoms with Gasteiger partial charge in [-0.25, -0.2) is 9.97 Å². The molecule has 2 heteroatoms. The Morgan fingerprint density at radius 2 is 1.15 bits per heavy atom. The van der Waals surface area contributed by atoms with Crippen molar-refractivity contribution in [2.75, 3.05) is 0 Å². The third kappa shape index (κ3) is 3.73. The van der Waals surface area contributed by atoms with E-state index < -0.39 is 0 Å². The van der Waals surface area contributed by atoms with Crippen molar-refractivity contribution in [3.63, 3.8) is 0 Å². The zero-order valence-corrected chi connectivity index (χ0v) is 26.3. The summed E-state index contributed by atoms with van der Waals surface area (Å²) in [5.74, 6) is 0. The van der Waals surface area contributed by atoms with Gasteiger partial charge in [-0.15, -0.1) is 0 Å². The van der Waals surface area contributed by atoms with Gasteiger partial charge in [-0.3, -0.25) is 0 Å². The van der Waals surface area contributed by atoms with Crippen molar-refractivity contribution in [1.82, 2.24) is 9.97 Å². The predicted octanol–water partition coefficient (Wildman–Crippen LogP) is 11.9. The van der Waals surface area contributed by atoms with E-state index in [4.69, 9.17) is 9.97 Å². The van der Waals surface area contributed by atoms with Crippen LogP contribution in [0, 0.1) is 0 Å². The molecule has 1 heterocycles. The number of benzene rings is 8. The molecular formula is C45H30N2. The van der Waals surface area contributed by atoms with Crippen LogP contribution in [0.2, 0.25) is 0 Å². The molecule has 0 spiro atoms. The van der Waals surface area contributed by atoms with Crippen LogP contribution in [0.25, 0.3) is 87.8 Å². The van der Waals surface area contributed by atoms with Crippen molar-refractivity contribution in [2.45, 2.75) is 19.3 Å². The van der Waals surface area contributed by atoms with E-state index in [1.807, 2.05) is 6.07 Å². The fraction of sp³-hybridized carbons (Fsp3) is 0.0667. The SMILES string of the molecule is CC1(C)c2ccccc2-c2ccc3c(ccc4ccc5cc(-c6nc7c(ccc8ccccc87)nc6-c6ccccc6)ccc5c43)c21. The molecule has 1 aromatic heterocycles. The number of hydrogen-bond acceptors (Lipinski definition) is 2. The molecule has 0 radical (unpaired) electrons. The highest BCUT2D eigenvalue weighted by atomic mass is 14.8. The molecule has 0 aliphatic heterocycles. The van der Waals surface area contributed by atoms with Crippen LogP contribution in [0.5, 0.6) is 0 Å². The van der Waals surface area contributed by atoms with E-state index in [1.54, 1.807) is 0 Å². The molecule has 0 saturated heterocycles. The third-order valence-corrected chi connectivity index (χ3v) is 10.4. The quantitative estimate of drug-likeness (QED) is 0.185. The summed E-state index contributed by atoms with van der Waals surface area (Å²) < 4.78 is 0. The third-order valence-electron chi connectivity index (χ3n) is 10.4. The molecule has 0 saturated carbocycles. The molecule has 1 aliphatic carbocycles. The summed E-state index contributed by atoms with van der Waals surface area (Å²) in [7, 11) is 0. The van der Waals surface area contributed by atoms with E-state index in [0.717, 1.165) is 38.9 Å². The summed E-state index contributed by atoms with van der Waals surface area (Å²) in [6.07, 6.45) is 0. The van der Waals surface area contributed by atoms with E-state index in [1.165, 1.54) is 60.0 Å². The van der Waals surface area contributed by atoms with Crippen molar-refractivity contribution in [3.05, 3.63) is 157 Å². The standard InChI is InChI=1S/C45H30N2/c1-45(2)38-15-9-8-14-34(38)36-24-23-35-37(41(36)45)22-18-28-16-17-30-26-31(19-21-32(30)40(28)35)43-42(29-11-4-3-5-12-29)46-39-25-20-27-10-6-7-13-33(27)44(39)47-43/h3-26H,1-2H3. The largest absolute Gasteiger partial charge is 0.244 e. The average molecular weight is 599 g/mol. The molecule has 0 amide bonds. The van der Waals surface area contributed by atoms with Gasteiger partial charge in [-0.1, -0.05) is 147 Å². The molecule has 1 aliphatic rings. The smallest absolute Gasteiger partial charge is 0.0973 e. The number of rotatable bonds is 2. The number of hydrogen-bond donors (Lipinski definition) is 0. The molecule has 47 heavy (non-hydrogen) atoms. The molecule has 0 fully saturated rings. The van der Waals surface area contributed by atoms with Gasteiger partial charge in [0.2, 0.25) is 0 Å². The monoisotopic (exact) mass is 598 g/mol. The van der Waals surface area contributed by atoms with Crippen molar-refractivity contribution < 1.29 is 0 Å². The molecular weight excluding hydrogens is 569 g/mol. The minimum atomic E-state index is -0.0658. The van der Waals surface area contributed by atoms with Crippen LogP contribution in [0.1, 0.15) is 25.0 Å². The van der Waals surface area contributed by atoms with Gasteiger partial charge in [0.1, 0.15) is 0 Å². The van der Waals surface area contributed by atoms with Gasteiger partial charge in [-0.2, -0.15) is 0 Å². The average Bonchev–Trinajstić information content (AvgIpc) is 3.37. The second-order valence-electron chi connectivity index (χ2n) is 13.4. The van der Waals surface area contributed by atoms with Gasteiger partial charge in [0.15, 0.2) is 0 Å². The number of nitrogens with zero attached hydrogens (tertiary/aromatic N) is 2. The molecule has 10 rings (SSSR count). The maximum atomic E-state index is 5.38. The predicted molar refractivity (Wildman–Crippen MR) is 198 cm³/mol. The second-order valence-corrected chi connectivity index (χ2v) is 13.4. The normalized spacial score (nSPS) is 13.5. The molecule has 9 aromatic rings. The molecule has 220 valence electrons. The van der Waals surface area contributed by atoms with Crippen molar-refractivity contribution in [1.29, 1.82) is 0 Å². The molecule has 0 bridgehead atoms. The summed E-state index contributed by atoms with van der Waals surface area (Å²) >= 11 is 0. The fourth-order valence-electron chi connectivity index (χ4n) is 8.20. The first-order valence-corrected chi connectivity index (χ1v) is 16.3. The number of fused-ring (bicyclic) bond motifs is 12. The Kier molecular flexibility index (Phi) is 5.37. The minimum absolute atomic E-state index is 0.0658. The maximum absolute atomic E-state index is 5.38. The van der Waals surface area contributed by atoms with Crippen LogP contribution < -0.4 is 0 Å². The van der Waals surface area contributed by atoms with E-state index in [0.29, 0.717) is 0 Å². The van der Waals surface area contributed by atoms with Crippen LogP contribution in [0.15, 0.2) is 146 Å². The van der Waals surface area contributed by atoms with Crippen molar-refractivity contribution in [2.24, 2.45) is 0 Å². The topological polar surface area (TPSA) is 25.8 Å². The van der Waals surface area contributed by atoms with Crippen LogP contribution >= 0.6 is 0 Å². The van der Waals surface area contributed by atoms with Gasteiger partial charge >= 0.3 is 0 Å². The first-order chi connectivity index (χ1) is 23.1. The zero-order valence-electron chi connectivity index (χ0n) is 26.3. The minimum Gasteiger partial charge on any atom is -0.244 e. The second kappa shape index (κ2) is 9.57. The van der Waals surface area contributed by atoms with Gasteiger partial charge < -0.3 is 0 Å². The Morgan fingerprint density at radius 1 is 0.447 bits per heavy atom. The molecule has 8 aromatic carbocycles. The van der Waals surface area contributed by atoms with Gasteiger partial charge in [0.05, 0.1) is 22.4 Å². The highest BCUT2D eigenvalue weighted by Gasteiger charge is 2.36. The van der Waals surface area contributed by atoms with Crippen molar-refractivity contribution in [3.8, 4) is 33.6 Å². The summed E-state index contributed by atoms with van der Waals surface area (Å²) in [5.41, 5.74) is 11.2. The summed E-state index contributed by atoms with van der Waals surface area (Å²) in [5, 5.41) is 9.95. The Hall–Kier alpha value is -5.86. The van der Waals surface area contributed by atoms with E-state index in [9.17, 15) is 0 Å². The Balaban J connectivity index is 1.23. The van der Waals surface area contributed by atoms with Crippen LogP contribution in [-0.4, -0.2) is 9.97 Å². The lowest BCUT2D eigenvalue weighted by Gasteiger charge is -2.23. The Labute approximate surface area is 273 Å². The van der Waals surface area contributed by atoms with Crippen LogP contribution in [0.4, 0.5) is 0 Å². The van der Waals surface area contributed by atoms with Gasteiger partial charge in [0, 0.05) is 21.9 Å². The van der Waals surface area contributed by atoms with Crippen LogP contribution in [0.3, 0.4) is 0 Å². The molecule has 0 atom stereocenters. The van der Waals surface area contributed by atoms with E-state index >= 15 is 0 Å².